The number of benzene rings is 3. The molecule has 180 valence electrons. The molecule has 0 heterocycles. The maximum absolute atomic E-state index is 14.3. The summed E-state index contributed by atoms with van der Waals surface area (Å²) in [4.78, 5) is 12.7. The molecule has 34 heavy (non-hydrogen) atoms. The van der Waals surface area contributed by atoms with Crippen LogP contribution in [0.5, 0.6) is 0 Å². The van der Waals surface area contributed by atoms with E-state index in [2.05, 4.69) is 5.32 Å². The second-order valence-corrected chi connectivity index (χ2v) is 9.54. The lowest BCUT2D eigenvalue weighted by Crippen LogP contribution is -2.28. The van der Waals surface area contributed by atoms with E-state index in [9.17, 15) is 30.8 Å². The van der Waals surface area contributed by atoms with E-state index in [4.69, 9.17) is 0 Å². The number of hydrogen-bond donors (Lipinski definition) is 2. The monoisotopic (exact) mass is 494 g/mol. The predicted octanol–water partition coefficient (Wildman–Crippen LogP) is 5.30. The normalized spacial score (nSPS) is 12.8. The van der Waals surface area contributed by atoms with Gasteiger partial charge in [-0.05, 0) is 53.4 Å². The third kappa shape index (κ3) is 6.34. The number of anilines is 1. The summed E-state index contributed by atoms with van der Waals surface area (Å²) in [5, 5.41) is 2.68. The molecule has 0 aliphatic carbocycles. The number of carbonyl (C=O) groups excluding carboxylic acids is 1. The molecule has 0 saturated heterocycles. The first-order chi connectivity index (χ1) is 15.8. The fraction of sp³-hybridized carbons (Fsp3) is 0.208. The van der Waals surface area contributed by atoms with Crippen LogP contribution < -0.4 is 10.0 Å². The summed E-state index contributed by atoms with van der Waals surface area (Å²) in [6.07, 6.45) is -3.62. The first-order valence-electron chi connectivity index (χ1n) is 10.2. The average molecular weight is 495 g/mol. The van der Waals surface area contributed by atoms with E-state index in [-0.39, 0.29) is 12.2 Å². The van der Waals surface area contributed by atoms with E-state index in [0.717, 1.165) is 24.5 Å². The lowest BCUT2D eigenvalue weighted by Gasteiger charge is -2.17. The van der Waals surface area contributed by atoms with Crippen LogP contribution >= 0.6 is 0 Å². The number of hydrogen-bond acceptors (Lipinski definition) is 3. The van der Waals surface area contributed by atoms with E-state index in [1.807, 2.05) is 4.72 Å². The number of amides is 1. The van der Waals surface area contributed by atoms with Crippen molar-refractivity contribution in [2.24, 2.45) is 0 Å². The molecular weight excluding hydrogens is 472 g/mol. The van der Waals surface area contributed by atoms with Crippen molar-refractivity contribution in [1.29, 1.82) is 0 Å². The molecule has 1 amide bonds. The molecule has 0 aliphatic rings. The third-order valence-corrected chi connectivity index (χ3v) is 5.75. The number of carbonyl (C=O) groups is 1. The Morgan fingerprint density at radius 3 is 2.26 bits per heavy atom. The van der Waals surface area contributed by atoms with Gasteiger partial charge in [0.1, 0.15) is 5.82 Å². The highest BCUT2D eigenvalue weighted by atomic mass is 32.2. The number of alkyl halides is 3. The molecule has 10 heteroatoms. The summed E-state index contributed by atoms with van der Waals surface area (Å²) in [6, 6.07) is 15.5. The highest BCUT2D eigenvalue weighted by Crippen LogP contribution is 2.34. The van der Waals surface area contributed by atoms with Crippen molar-refractivity contribution in [2.45, 2.75) is 25.6 Å². The number of halogens is 4. The fourth-order valence-corrected chi connectivity index (χ4v) is 3.93. The average Bonchev–Trinajstić information content (AvgIpc) is 2.77. The zero-order chi connectivity index (χ0) is 25.1. The Balaban J connectivity index is 1.80. The Labute approximate surface area is 194 Å². The van der Waals surface area contributed by atoms with Gasteiger partial charge in [0.25, 0.3) is 0 Å². The van der Waals surface area contributed by atoms with Gasteiger partial charge in [-0.2, -0.15) is 13.2 Å². The van der Waals surface area contributed by atoms with Gasteiger partial charge < -0.3 is 5.32 Å². The minimum absolute atomic E-state index is 0.0399. The Hall–Kier alpha value is -3.40. The third-order valence-electron chi connectivity index (χ3n) is 5.16. The summed E-state index contributed by atoms with van der Waals surface area (Å²) >= 11 is 0. The van der Waals surface area contributed by atoms with Crippen molar-refractivity contribution in [3.63, 3.8) is 0 Å². The minimum Gasteiger partial charge on any atom is -0.351 e. The zero-order valence-electron chi connectivity index (χ0n) is 18.3. The summed E-state index contributed by atoms with van der Waals surface area (Å²) in [5.41, 5.74) is 0.667. The van der Waals surface area contributed by atoms with Gasteiger partial charge in [-0.15, -0.1) is 0 Å². The van der Waals surface area contributed by atoms with Gasteiger partial charge in [0.05, 0.1) is 23.4 Å². The van der Waals surface area contributed by atoms with Crippen LogP contribution in [-0.4, -0.2) is 20.6 Å². The van der Waals surface area contributed by atoms with Crippen LogP contribution in [0.25, 0.3) is 11.1 Å². The zero-order valence-corrected chi connectivity index (χ0v) is 19.1. The lowest BCUT2D eigenvalue weighted by molar-refractivity contribution is -0.137. The fourth-order valence-electron chi connectivity index (χ4n) is 3.36. The Morgan fingerprint density at radius 2 is 1.68 bits per heavy atom. The molecule has 1 atom stereocenters. The number of nitrogens with one attached hydrogen (secondary N) is 2. The van der Waals surface area contributed by atoms with Gasteiger partial charge in [-0.1, -0.05) is 42.5 Å². The van der Waals surface area contributed by atoms with Gasteiger partial charge >= 0.3 is 6.18 Å². The molecule has 2 N–H and O–H groups in total. The SMILES string of the molecule is CC(C(=O)NCc1ccc(C(F)(F)F)cc1-c1ccccc1)c1ccc(NS(C)(=O)=O)c(F)c1. The van der Waals surface area contributed by atoms with Gasteiger partial charge in [0, 0.05) is 6.54 Å². The van der Waals surface area contributed by atoms with Crippen LogP contribution in [0.3, 0.4) is 0 Å². The van der Waals surface area contributed by atoms with Crippen LogP contribution in [0, 0.1) is 5.82 Å². The minimum atomic E-state index is -4.51. The van der Waals surface area contributed by atoms with Crippen LogP contribution in [0.4, 0.5) is 23.2 Å². The Morgan fingerprint density at radius 1 is 1.00 bits per heavy atom. The molecule has 0 fully saturated rings. The topological polar surface area (TPSA) is 75.3 Å². The van der Waals surface area contributed by atoms with Crippen LogP contribution in [0.1, 0.15) is 29.5 Å². The van der Waals surface area contributed by atoms with Crippen molar-refractivity contribution in [3.8, 4) is 11.1 Å². The van der Waals surface area contributed by atoms with E-state index in [1.165, 1.54) is 18.2 Å². The molecular formula is C24H22F4N2O3S. The molecule has 0 aliphatic heterocycles. The predicted molar refractivity (Wildman–Crippen MR) is 122 cm³/mol. The quantitative estimate of drug-likeness (QED) is 0.438. The van der Waals surface area contributed by atoms with Crippen LogP contribution in [0.2, 0.25) is 0 Å². The second kappa shape index (κ2) is 9.84. The summed E-state index contributed by atoms with van der Waals surface area (Å²) < 4.78 is 78.6. The highest BCUT2D eigenvalue weighted by molar-refractivity contribution is 7.92. The van der Waals surface area contributed by atoms with Crippen molar-refractivity contribution < 1.29 is 30.8 Å². The Bertz CT molecular complexity index is 1290. The first-order valence-corrected chi connectivity index (χ1v) is 12.0. The smallest absolute Gasteiger partial charge is 0.351 e. The Kier molecular flexibility index (Phi) is 7.30. The second-order valence-electron chi connectivity index (χ2n) is 7.79. The van der Waals surface area contributed by atoms with E-state index in [0.29, 0.717) is 22.3 Å². The highest BCUT2D eigenvalue weighted by Gasteiger charge is 2.31. The molecule has 0 spiro atoms. The number of sulfonamides is 1. The van der Waals surface area contributed by atoms with E-state index >= 15 is 0 Å². The molecule has 3 rings (SSSR count). The van der Waals surface area contributed by atoms with Crippen molar-refractivity contribution >= 4 is 21.6 Å². The van der Waals surface area contributed by atoms with Crippen molar-refractivity contribution in [2.75, 3.05) is 11.0 Å². The summed E-state index contributed by atoms with van der Waals surface area (Å²) in [6.45, 7) is 1.50. The molecule has 0 bridgehead atoms. The molecule has 3 aromatic carbocycles. The van der Waals surface area contributed by atoms with Crippen molar-refractivity contribution in [3.05, 3.63) is 89.2 Å². The molecule has 5 nitrogen and oxygen atoms in total. The summed E-state index contributed by atoms with van der Waals surface area (Å²) in [7, 11) is -3.67. The number of rotatable bonds is 7. The molecule has 0 radical (unpaired) electrons. The van der Waals surface area contributed by atoms with Crippen LogP contribution in [0.15, 0.2) is 66.7 Å². The maximum atomic E-state index is 14.3. The van der Waals surface area contributed by atoms with Gasteiger partial charge in [-0.3, -0.25) is 9.52 Å². The van der Waals surface area contributed by atoms with E-state index < -0.39 is 39.4 Å². The summed E-state index contributed by atoms with van der Waals surface area (Å²) in [5.74, 6) is -2.10. The molecule has 1 unspecified atom stereocenters. The van der Waals surface area contributed by atoms with Crippen molar-refractivity contribution in [1.82, 2.24) is 5.32 Å². The van der Waals surface area contributed by atoms with Gasteiger partial charge in [-0.25, -0.2) is 12.8 Å². The maximum Gasteiger partial charge on any atom is 0.416 e. The van der Waals surface area contributed by atoms with Gasteiger partial charge in [0.15, 0.2) is 0 Å². The van der Waals surface area contributed by atoms with E-state index in [1.54, 1.807) is 37.3 Å². The van der Waals surface area contributed by atoms with Crippen LogP contribution in [-0.2, 0) is 27.5 Å². The largest absolute Gasteiger partial charge is 0.416 e. The lowest BCUT2D eigenvalue weighted by atomic mass is 9.96. The standard InChI is InChI=1S/C24H22F4N2O3S/c1-15(17-9-11-22(21(25)12-17)30-34(2,32)33)23(31)29-14-18-8-10-19(24(26,27)28)13-20(18)16-6-4-3-5-7-16/h3-13,15,30H,14H2,1-2H3,(H,29,31). The molecule has 0 saturated carbocycles. The molecule has 3 aromatic rings. The molecule has 0 aromatic heterocycles. The first kappa shape index (κ1) is 25.2. The van der Waals surface area contributed by atoms with Gasteiger partial charge in [0.2, 0.25) is 15.9 Å².